The van der Waals surface area contributed by atoms with Gasteiger partial charge in [-0.1, -0.05) is 0 Å². The minimum atomic E-state index is -0.702. The zero-order chi connectivity index (χ0) is 12.9. The molecule has 2 N–H and O–H groups in total. The summed E-state index contributed by atoms with van der Waals surface area (Å²) in [5, 5.41) is 12.0. The predicted octanol–water partition coefficient (Wildman–Crippen LogP) is 1.70. The van der Waals surface area contributed by atoms with Crippen molar-refractivity contribution in [1.29, 1.82) is 0 Å². The highest BCUT2D eigenvalue weighted by Gasteiger charge is 2.27. The van der Waals surface area contributed by atoms with Gasteiger partial charge >= 0.3 is 5.97 Å². The number of piperidine rings is 1. The molecular weight excluding hydrogens is 216 g/mol. The number of carboxylic acid groups (broad SMARTS) is 1. The Kier molecular flexibility index (Phi) is 5.40. The van der Waals surface area contributed by atoms with Crippen LogP contribution in [0, 0.1) is 0 Å². The lowest BCUT2D eigenvalue weighted by Crippen LogP contribution is -2.52. The first-order valence-corrected chi connectivity index (χ1v) is 6.60. The van der Waals surface area contributed by atoms with Crippen molar-refractivity contribution < 1.29 is 9.90 Å². The maximum absolute atomic E-state index is 10.4. The molecular formula is C13H26N2O2. The average Bonchev–Trinajstić information content (AvgIpc) is 2.23. The monoisotopic (exact) mass is 242 g/mol. The largest absolute Gasteiger partial charge is 0.481 e. The highest BCUT2D eigenvalue weighted by molar-refractivity contribution is 5.66. The van der Waals surface area contributed by atoms with Crippen LogP contribution >= 0.6 is 0 Å². The summed E-state index contributed by atoms with van der Waals surface area (Å²) in [6.07, 6.45) is 3.43. The minimum absolute atomic E-state index is 0.238. The maximum Gasteiger partial charge on any atom is 0.303 e. The molecule has 0 aliphatic carbocycles. The van der Waals surface area contributed by atoms with Crippen LogP contribution in [-0.4, -0.2) is 47.2 Å². The van der Waals surface area contributed by atoms with Gasteiger partial charge < -0.3 is 10.4 Å². The van der Waals surface area contributed by atoms with Crippen molar-refractivity contribution in [2.24, 2.45) is 0 Å². The van der Waals surface area contributed by atoms with E-state index in [2.05, 4.69) is 31.0 Å². The summed E-state index contributed by atoms with van der Waals surface area (Å²) in [6, 6.07) is 0.525. The molecule has 1 unspecified atom stereocenters. The third-order valence-corrected chi connectivity index (χ3v) is 3.37. The number of hydrogen-bond donors (Lipinski definition) is 2. The summed E-state index contributed by atoms with van der Waals surface area (Å²) in [6.45, 7) is 9.82. The highest BCUT2D eigenvalue weighted by atomic mass is 16.4. The Morgan fingerprint density at radius 3 is 2.76 bits per heavy atom. The number of carboxylic acids is 1. The van der Waals surface area contributed by atoms with Crippen molar-refractivity contribution in [3.63, 3.8) is 0 Å². The number of aliphatic carboxylic acids is 1. The standard InChI is InChI=1S/C13H26N2O2/c1-13(2,3)15-9-5-6-11(10-15)14-8-4-7-12(16)17/h11,14H,4-10H2,1-3H3,(H,16,17). The summed E-state index contributed by atoms with van der Waals surface area (Å²) < 4.78 is 0. The van der Waals surface area contributed by atoms with Crippen molar-refractivity contribution >= 4 is 5.97 Å². The molecule has 1 rings (SSSR count). The Bertz CT molecular complexity index is 248. The van der Waals surface area contributed by atoms with E-state index in [4.69, 9.17) is 5.11 Å². The molecule has 1 fully saturated rings. The number of carbonyl (C=O) groups is 1. The van der Waals surface area contributed by atoms with Crippen molar-refractivity contribution in [1.82, 2.24) is 10.2 Å². The molecule has 0 amide bonds. The first-order valence-electron chi connectivity index (χ1n) is 6.60. The van der Waals surface area contributed by atoms with E-state index in [-0.39, 0.29) is 12.0 Å². The Balaban J connectivity index is 2.23. The molecule has 4 heteroatoms. The fourth-order valence-electron chi connectivity index (χ4n) is 2.30. The number of hydrogen-bond acceptors (Lipinski definition) is 3. The van der Waals surface area contributed by atoms with E-state index in [1.165, 1.54) is 19.4 Å². The van der Waals surface area contributed by atoms with Gasteiger partial charge in [0.1, 0.15) is 0 Å². The van der Waals surface area contributed by atoms with E-state index in [9.17, 15) is 4.79 Å². The van der Waals surface area contributed by atoms with E-state index >= 15 is 0 Å². The molecule has 1 atom stereocenters. The normalized spacial score (nSPS) is 22.6. The third-order valence-electron chi connectivity index (χ3n) is 3.37. The zero-order valence-electron chi connectivity index (χ0n) is 11.3. The Hall–Kier alpha value is -0.610. The molecule has 4 nitrogen and oxygen atoms in total. The molecule has 0 spiro atoms. The van der Waals surface area contributed by atoms with E-state index in [0.717, 1.165) is 19.5 Å². The van der Waals surface area contributed by atoms with Crippen LogP contribution in [0.25, 0.3) is 0 Å². The second-order valence-electron chi connectivity index (χ2n) is 5.91. The van der Waals surface area contributed by atoms with Gasteiger partial charge in [0.25, 0.3) is 0 Å². The van der Waals surface area contributed by atoms with Crippen molar-refractivity contribution in [3.8, 4) is 0 Å². The molecule has 1 saturated heterocycles. The fourth-order valence-corrected chi connectivity index (χ4v) is 2.30. The number of nitrogens with one attached hydrogen (secondary N) is 1. The van der Waals surface area contributed by atoms with Crippen LogP contribution in [0.2, 0.25) is 0 Å². The minimum Gasteiger partial charge on any atom is -0.481 e. The Morgan fingerprint density at radius 1 is 1.47 bits per heavy atom. The third kappa shape index (κ3) is 5.50. The molecule has 0 radical (unpaired) electrons. The van der Waals surface area contributed by atoms with Crippen LogP contribution in [0.3, 0.4) is 0 Å². The van der Waals surface area contributed by atoms with Gasteiger partial charge in [-0.05, 0) is 53.1 Å². The molecule has 0 aromatic carbocycles. The van der Waals surface area contributed by atoms with Gasteiger partial charge in [0.05, 0.1) is 0 Å². The van der Waals surface area contributed by atoms with Gasteiger partial charge in [0.2, 0.25) is 0 Å². The van der Waals surface area contributed by atoms with Gasteiger partial charge in [0, 0.05) is 24.5 Å². The lowest BCUT2D eigenvalue weighted by atomic mass is 9.98. The summed E-state index contributed by atoms with van der Waals surface area (Å²) in [4.78, 5) is 12.9. The van der Waals surface area contributed by atoms with Crippen LogP contribution in [-0.2, 0) is 4.79 Å². The van der Waals surface area contributed by atoms with E-state index < -0.39 is 5.97 Å². The van der Waals surface area contributed by atoms with E-state index in [1.807, 2.05) is 0 Å². The van der Waals surface area contributed by atoms with Crippen molar-refractivity contribution in [3.05, 3.63) is 0 Å². The van der Waals surface area contributed by atoms with Crippen molar-refractivity contribution in [2.75, 3.05) is 19.6 Å². The molecule has 1 heterocycles. The molecule has 0 aromatic heterocycles. The van der Waals surface area contributed by atoms with Crippen LogP contribution in [0.15, 0.2) is 0 Å². The molecule has 1 aliphatic heterocycles. The smallest absolute Gasteiger partial charge is 0.303 e. The summed E-state index contributed by atoms with van der Waals surface area (Å²) in [5.74, 6) is -0.702. The lowest BCUT2D eigenvalue weighted by molar-refractivity contribution is -0.137. The van der Waals surface area contributed by atoms with Crippen LogP contribution in [0.1, 0.15) is 46.5 Å². The Morgan fingerprint density at radius 2 is 2.18 bits per heavy atom. The predicted molar refractivity (Wildman–Crippen MR) is 69.2 cm³/mol. The summed E-state index contributed by atoms with van der Waals surface area (Å²) in [5.41, 5.74) is 0.238. The topological polar surface area (TPSA) is 52.6 Å². The molecule has 0 bridgehead atoms. The van der Waals surface area contributed by atoms with Crippen LogP contribution in [0.5, 0.6) is 0 Å². The quantitative estimate of drug-likeness (QED) is 0.721. The highest BCUT2D eigenvalue weighted by Crippen LogP contribution is 2.19. The SMILES string of the molecule is CC(C)(C)N1CCCC(NCCCC(=O)O)C1. The van der Waals surface area contributed by atoms with Gasteiger partial charge in [-0.3, -0.25) is 9.69 Å². The molecule has 1 aliphatic rings. The second-order valence-corrected chi connectivity index (χ2v) is 5.91. The van der Waals surface area contributed by atoms with E-state index in [1.54, 1.807) is 0 Å². The van der Waals surface area contributed by atoms with E-state index in [0.29, 0.717) is 6.04 Å². The van der Waals surface area contributed by atoms with Gasteiger partial charge in [-0.2, -0.15) is 0 Å². The first-order chi connectivity index (χ1) is 7.89. The molecule has 17 heavy (non-hydrogen) atoms. The van der Waals surface area contributed by atoms with Crippen LogP contribution in [0.4, 0.5) is 0 Å². The average molecular weight is 242 g/mol. The van der Waals surface area contributed by atoms with Gasteiger partial charge in [-0.25, -0.2) is 0 Å². The first kappa shape index (κ1) is 14.5. The van der Waals surface area contributed by atoms with Crippen molar-refractivity contribution in [2.45, 2.75) is 58.0 Å². The number of likely N-dealkylation sites (tertiary alicyclic amines) is 1. The van der Waals surface area contributed by atoms with Crippen LogP contribution < -0.4 is 5.32 Å². The van der Waals surface area contributed by atoms with Gasteiger partial charge in [0.15, 0.2) is 0 Å². The molecule has 0 saturated carbocycles. The van der Waals surface area contributed by atoms with Gasteiger partial charge in [-0.15, -0.1) is 0 Å². The fraction of sp³-hybridized carbons (Fsp3) is 0.923. The molecule has 100 valence electrons. The zero-order valence-corrected chi connectivity index (χ0v) is 11.3. The summed E-state index contributed by atoms with van der Waals surface area (Å²) in [7, 11) is 0. The second kappa shape index (κ2) is 6.36. The molecule has 0 aromatic rings. The number of rotatable bonds is 5. The summed E-state index contributed by atoms with van der Waals surface area (Å²) >= 11 is 0. The lowest BCUT2D eigenvalue weighted by Gasteiger charge is -2.41. The Labute approximate surface area is 104 Å². The number of nitrogens with zero attached hydrogens (tertiary/aromatic N) is 1. The maximum atomic E-state index is 10.4.